The summed E-state index contributed by atoms with van der Waals surface area (Å²) in [5.41, 5.74) is 7.79. The molecule has 1 aromatic heterocycles. The first-order chi connectivity index (χ1) is 15.2. The molecule has 0 aliphatic carbocycles. The second kappa shape index (κ2) is 8.33. The van der Waals surface area contributed by atoms with Gasteiger partial charge in [0, 0.05) is 24.1 Å². The number of hydrogen-bond acceptors (Lipinski definition) is 7. The predicted octanol–water partition coefficient (Wildman–Crippen LogP) is 2.67. The van der Waals surface area contributed by atoms with Crippen LogP contribution >= 0.6 is 0 Å². The number of allylic oxidation sites excluding steroid dienone is 1. The van der Waals surface area contributed by atoms with Crippen molar-refractivity contribution in [1.82, 2.24) is 9.78 Å². The van der Waals surface area contributed by atoms with E-state index in [1.165, 1.54) is 0 Å². The summed E-state index contributed by atoms with van der Waals surface area (Å²) in [6.07, 6.45) is 4.08. The van der Waals surface area contributed by atoms with Gasteiger partial charge in [0.05, 0.1) is 24.6 Å². The molecule has 3 heterocycles. The first-order valence-corrected chi connectivity index (χ1v) is 10.5. The van der Waals surface area contributed by atoms with Crippen LogP contribution in [-0.4, -0.2) is 41.0 Å². The summed E-state index contributed by atoms with van der Waals surface area (Å²) < 4.78 is 12.8. The molecule has 1 saturated heterocycles. The fourth-order valence-electron chi connectivity index (χ4n) is 3.96. The fraction of sp³-hybridized carbons (Fsp3) is 0.409. The molecular formula is C22H26BN5O4. The average molecular weight is 435 g/mol. The summed E-state index contributed by atoms with van der Waals surface area (Å²) in [4.78, 5) is 12.1. The van der Waals surface area contributed by atoms with Crippen LogP contribution < -0.4 is 15.7 Å². The molecule has 1 fully saturated rings. The number of nitriles is 1. The molecule has 166 valence electrons. The van der Waals surface area contributed by atoms with Gasteiger partial charge < -0.3 is 25.5 Å². The number of primary amides is 1. The Hall–Kier alpha value is -3.29. The lowest BCUT2D eigenvalue weighted by Crippen LogP contribution is -2.34. The number of ether oxygens (including phenoxy) is 1. The Bertz CT molecular complexity index is 1110. The number of fused-ring (bicyclic) bond motifs is 1. The van der Waals surface area contributed by atoms with Crippen molar-refractivity contribution in [3.63, 3.8) is 0 Å². The number of aromatic nitrogens is 2. The van der Waals surface area contributed by atoms with Crippen molar-refractivity contribution < 1.29 is 19.2 Å². The van der Waals surface area contributed by atoms with Gasteiger partial charge in [0.1, 0.15) is 11.3 Å². The number of nitrogens with one attached hydrogen (secondary N) is 1. The van der Waals surface area contributed by atoms with Crippen LogP contribution in [0.4, 0.5) is 11.5 Å². The van der Waals surface area contributed by atoms with Crippen molar-refractivity contribution in [3.05, 3.63) is 41.0 Å². The van der Waals surface area contributed by atoms with E-state index < -0.39 is 13.0 Å². The number of hydrogen-bond donors (Lipinski definition) is 3. The van der Waals surface area contributed by atoms with E-state index in [-0.39, 0.29) is 22.9 Å². The lowest BCUT2D eigenvalue weighted by atomic mass is 9.63. The molecule has 2 aromatic rings. The van der Waals surface area contributed by atoms with Crippen molar-refractivity contribution in [2.24, 2.45) is 17.1 Å². The Kier molecular flexibility index (Phi) is 5.71. The summed E-state index contributed by atoms with van der Waals surface area (Å²) in [6, 6.07) is 7.38. The van der Waals surface area contributed by atoms with Crippen LogP contribution in [-0.2, 0) is 4.74 Å². The maximum atomic E-state index is 12.1. The van der Waals surface area contributed by atoms with Crippen LogP contribution in [0, 0.1) is 22.7 Å². The number of anilines is 2. The molecule has 1 amide bonds. The number of amides is 1. The monoisotopic (exact) mass is 435 g/mol. The van der Waals surface area contributed by atoms with Crippen LogP contribution in [0.25, 0.3) is 6.08 Å². The highest BCUT2D eigenvalue weighted by Crippen LogP contribution is 2.37. The SMILES string of the molecule is CC(C)(C)C1=Cc2cc(Nc3nn([C@@H]4COCC[C@H]4C#N)cc3C(N)=O)ccc2OB1O. The van der Waals surface area contributed by atoms with Crippen molar-refractivity contribution in [2.45, 2.75) is 33.2 Å². The molecule has 4 rings (SSSR count). The zero-order valence-electron chi connectivity index (χ0n) is 18.3. The fourth-order valence-corrected chi connectivity index (χ4v) is 3.96. The van der Waals surface area contributed by atoms with Crippen molar-refractivity contribution >= 4 is 30.6 Å². The van der Waals surface area contributed by atoms with Gasteiger partial charge in [-0.3, -0.25) is 9.48 Å². The van der Waals surface area contributed by atoms with Gasteiger partial charge in [0.2, 0.25) is 0 Å². The van der Waals surface area contributed by atoms with E-state index >= 15 is 0 Å². The van der Waals surface area contributed by atoms with Gasteiger partial charge in [-0.15, -0.1) is 0 Å². The maximum absolute atomic E-state index is 12.1. The first kappa shape index (κ1) is 21.9. The average Bonchev–Trinajstić information content (AvgIpc) is 3.16. The van der Waals surface area contributed by atoms with Gasteiger partial charge in [0.15, 0.2) is 5.82 Å². The molecule has 32 heavy (non-hydrogen) atoms. The third-order valence-corrected chi connectivity index (χ3v) is 5.78. The molecule has 4 N–H and O–H groups in total. The summed E-state index contributed by atoms with van der Waals surface area (Å²) in [7, 11) is -0.996. The van der Waals surface area contributed by atoms with Crippen molar-refractivity contribution in [3.8, 4) is 11.8 Å². The van der Waals surface area contributed by atoms with E-state index in [9.17, 15) is 15.1 Å². The molecule has 0 radical (unpaired) electrons. The van der Waals surface area contributed by atoms with Crippen molar-refractivity contribution in [2.75, 3.05) is 18.5 Å². The Morgan fingerprint density at radius 2 is 2.22 bits per heavy atom. The van der Waals surface area contributed by atoms with Crippen LogP contribution in [0.1, 0.15) is 49.2 Å². The molecule has 2 aliphatic rings. The highest BCUT2D eigenvalue weighted by atomic mass is 16.5. The minimum absolute atomic E-state index is 0.225. The second-order valence-electron chi connectivity index (χ2n) is 9.10. The van der Waals surface area contributed by atoms with Gasteiger partial charge in [-0.2, -0.15) is 10.4 Å². The predicted molar refractivity (Wildman–Crippen MR) is 120 cm³/mol. The molecule has 0 bridgehead atoms. The van der Waals surface area contributed by atoms with Gasteiger partial charge in [-0.1, -0.05) is 26.8 Å². The third kappa shape index (κ3) is 4.22. The number of rotatable bonds is 4. The van der Waals surface area contributed by atoms with E-state index in [2.05, 4.69) is 16.5 Å². The number of carbonyl (C=O) groups excluding carboxylic acids is 1. The van der Waals surface area contributed by atoms with Crippen LogP contribution in [0.3, 0.4) is 0 Å². The zero-order valence-corrected chi connectivity index (χ0v) is 18.3. The van der Waals surface area contributed by atoms with E-state index in [1.807, 2.05) is 32.9 Å². The molecule has 1 aromatic carbocycles. The molecule has 0 unspecified atom stereocenters. The Morgan fingerprint density at radius 3 is 2.91 bits per heavy atom. The summed E-state index contributed by atoms with van der Waals surface area (Å²) in [5.74, 6) is -0.0155. The van der Waals surface area contributed by atoms with Gasteiger partial charge in [0.25, 0.3) is 5.91 Å². The quantitative estimate of drug-likeness (QED) is 0.629. The number of nitrogens with two attached hydrogens (primary N) is 1. The lowest BCUT2D eigenvalue weighted by Gasteiger charge is -2.29. The van der Waals surface area contributed by atoms with Gasteiger partial charge in [-0.25, -0.2) is 0 Å². The number of carbonyl (C=O) groups is 1. The highest BCUT2D eigenvalue weighted by molar-refractivity contribution is 6.55. The van der Waals surface area contributed by atoms with Crippen LogP contribution in [0.5, 0.6) is 5.75 Å². The zero-order chi connectivity index (χ0) is 23.0. The van der Waals surface area contributed by atoms with Crippen LogP contribution in [0.15, 0.2) is 29.9 Å². The Balaban J connectivity index is 1.66. The minimum atomic E-state index is -0.996. The smallest absolute Gasteiger partial charge is 0.532 e. The molecular weight excluding hydrogens is 409 g/mol. The second-order valence-corrected chi connectivity index (χ2v) is 9.10. The van der Waals surface area contributed by atoms with E-state index in [1.54, 1.807) is 23.0 Å². The van der Waals surface area contributed by atoms with Gasteiger partial charge in [-0.05, 0) is 35.5 Å². The highest BCUT2D eigenvalue weighted by Gasteiger charge is 2.35. The minimum Gasteiger partial charge on any atom is -0.532 e. The number of benzene rings is 1. The summed E-state index contributed by atoms with van der Waals surface area (Å²) in [5, 5.41) is 27.5. The molecule has 10 heteroatoms. The van der Waals surface area contributed by atoms with Crippen molar-refractivity contribution in [1.29, 1.82) is 5.26 Å². The van der Waals surface area contributed by atoms with E-state index in [4.69, 9.17) is 15.1 Å². The topological polar surface area (TPSA) is 135 Å². The molecule has 2 atom stereocenters. The first-order valence-electron chi connectivity index (χ1n) is 10.5. The molecule has 0 saturated carbocycles. The third-order valence-electron chi connectivity index (χ3n) is 5.78. The lowest BCUT2D eigenvalue weighted by molar-refractivity contribution is 0.0342. The standard InChI is InChI=1S/C22H26BN5O4/c1-22(2,3)19-9-14-8-15(4-5-18(14)32-23(19)30)26-21-16(20(25)29)11-28(27-21)17-12-31-7-6-13(17)10-24/h4-5,8-9,11,13,17,30H,6-7,12H2,1-3H3,(H2,25,29)(H,26,27)/t13-,17+/m0/s1. The number of nitrogens with zero attached hydrogens (tertiary/aromatic N) is 3. The largest absolute Gasteiger partial charge is 0.556 e. The van der Waals surface area contributed by atoms with E-state index in [0.29, 0.717) is 36.9 Å². The summed E-state index contributed by atoms with van der Waals surface area (Å²) >= 11 is 0. The Morgan fingerprint density at radius 1 is 1.44 bits per heavy atom. The van der Waals surface area contributed by atoms with Crippen LogP contribution in [0.2, 0.25) is 0 Å². The maximum Gasteiger partial charge on any atom is 0.556 e. The Labute approximate surface area is 186 Å². The van der Waals surface area contributed by atoms with E-state index in [0.717, 1.165) is 11.0 Å². The molecule has 0 spiro atoms. The van der Waals surface area contributed by atoms with Gasteiger partial charge >= 0.3 is 7.12 Å². The normalized spacial score (nSPS) is 20.6. The summed E-state index contributed by atoms with van der Waals surface area (Å²) in [6.45, 7) is 6.89. The molecule has 9 nitrogen and oxygen atoms in total. The molecule has 2 aliphatic heterocycles.